The Morgan fingerprint density at radius 2 is 1.87 bits per heavy atom. The first-order valence-electron chi connectivity index (χ1n) is 8.36. The summed E-state index contributed by atoms with van der Waals surface area (Å²) in [6.45, 7) is 2.63. The Balaban J connectivity index is 2.35. The Bertz CT molecular complexity index is 1140. The molecule has 0 aliphatic carbocycles. The number of hydrogen-bond donors (Lipinski definition) is 2. The standard InChI is InChI=1S/C19H17F3N2O5S/c1-11-3-6-16(30(27,28)29)13(7-11)9-18(2,26)17(25)24-14-5-4-12(10-23)15(8-14)19(20,21)22/h3-8,26H,9H2,1-2H3,(H,24,25)(H,27,28,29)/p-1. The fraction of sp³-hybridized carbons (Fsp3) is 0.263. The normalized spacial score (nSPS) is 13.9. The molecule has 2 rings (SSSR count). The van der Waals surface area contributed by atoms with Crippen LogP contribution in [0.4, 0.5) is 18.9 Å². The molecule has 1 amide bonds. The van der Waals surface area contributed by atoms with Crippen molar-refractivity contribution in [3.63, 3.8) is 0 Å². The van der Waals surface area contributed by atoms with Gasteiger partial charge in [-0.15, -0.1) is 0 Å². The molecule has 0 aliphatic heterocycles. The van der Waals surface area contributed by atoms with Crippen molar-refractivity contribution in [2.45, 2.75) is 36.9 Å². The van der Waals surface area contributed by atoms with Gasteiger partial charge >= 0.3 is 6.18 Å². The van der Waals surface area contributed by atoms with Crippen LogP contribution in [0.15, 0.2) is 41.3 Å². The number of carbonyl (C=O) groups excluding carboxylic acids is 1. The van der Waals surface area contributed by atoms with E-state index in [2.05, 4.69) is 5.32 Å². The Labute approximate surface area is 170 Å². The van der Waals surface area contributed by atoms with Gasteiger partial charge in [0.15, 0.2) is 0 Å². The molecular formula is C19H16F3N2O5S-. The van der Waals surface area contributed by atoms with E-state index in [4.69, 9.17) is 5.26 Å². The highest BCUT2D eigenvalue weighted by atomic mass is 32.2. The molecule has 0 aliphatic rings. The summed E-state index contributed by atoms with van der Waals surface area (Å²) in [4.78, 5) is 11.9. The van der Waals surface area contributed by atoms with Crippen LogP contribution in [0.25, 0.3) is 0 Å². The number of amides is 1. The molecule has 2 aromatic rings. The Kier molecular flexibility index (Phi) is 6.27. The topological polar surface area (TPSA) is 130 Å². The van der Waals surface area contributed by atoms with Gasteiger partial charge in [0, 0.05) is 12.1 Å². The molecule has 2 N–H and O–H groups in total. The Morgan fingerprint density at radius 3 is 2.40 bits per heavy atom. The average molecular weight is 441 g/mol. The summed E-state index contributed by atoms with van der Waals surface area (Å²) in [5, 5.41) is 21.4. The summed E-state index contributed by atoms with van der Waals surface area (Å²) in [7, 11) is -4.89. The minimum atomic E-state index is -4.89. The zero-order chi connectivity index (χ0) is 22.9. The summed E-state index contributed by atoms with van der Waals surface area (Å²) >= 11 is 0. The van der Waals surface area contributed by atoms with Gasteiger partial charge < -0.3 is 15.0 Å². The second kappa shape index (κ2) is 8.06. The average Bonchev–Trinajstić information content (AvgIpc) is 2.59. The van der Waals surface area contributed by atoms with Gasteiger partial charge in [-0.05, 0) is 43.7 Å². The second-order valence-electron chi connectivity index (χ2n) is 6.84. The molecule has 7 nitrogen and oxygen atoms in total. The number of anilines is 1. The van der Waals surface area contributed by atoms with Crippen LogP contribution in [0.5, 0.6) is 0 Å². The van der Waals surface area contributed by atoms with Crippen molar-refractivity contribution in [1.82, 2.24) is 0 Å². The number of benzene rings is 2. The quantitative estimate of drug-likeness (QED) is 0.686. The van der Waals surface area contributed by atoms with E-state index < -0.39 is 50.2 Å². The Morgan fingerprint density at radius 1 is 1.23 bits per heavy atom. The van der Waals surface area contributed by atoms with Crippen LogP contribution < -0.4 is 5.32 Å². The lowest BCUT2D eigenvalue weighted by Crippen LogP contribution is -2.42. The third-order valence-corrected chi connectivity index (χ3v) is 5.15. The van der Waals surface area contributed by atoms with Crippen LogP contribution in [-0.4, -0.2) is 29.6 Å². The summed E-state index contributed by atoms with van der Waals surface area (Å²) in [5.74, 6) is -1.13. The van der Waals surface area contributed by atoms with Gasteiger partial charge in [-0.25, -0.2) is 8.42 Å². The van der Waals surface area contributed by atoms with E-state index in [-0.39, 0.29) is 11.3 Å². The SMILES string of the molecule is Cc1ccc(S(=O)(=O)[O-])c(CC(C)(O)C(=O)Nc2ccc(C#N)c(C(F)(F)F)c2)c1. The van der Waals surface area contributed by atoms with E-state index in [1.54, 1.807) is 6.92 Å². The van der Waals surface area contributed by atoms with Gasteiger partial charge in [0.05, 0.1) is 22.1 Å². The Hall–Kier alpha value is -2.94. The molecule has 0 spiro atoms. The van der Waals surface area contributed by atoms with Crippen molar-refractivity contribution in [3.05, 3.63) is 58.7 Å². The van der Waals surface area contributed by atoms with E-state index in [0.717, 1.165) is 25.1 Å². The number of carbonyl (C=O) groups is 1. The molecule has 0 saturated heterocycles. The summed E-state index contributed by atoms with van der Waals surface area (Å²) in [5.41, 5.74) is -4.04. The minimum absolute atomic E-state index is 0.110. The van der Waals surface area contributed by atoms with E-state index in [1.165, 1.54) is 18.2 Å². The molecule has 0 saturated carbocycles. The van der Waals surface area contributed by atoms with Crippen molar-refractivity contribution in [3.8, 4) is 6.07 Å². The maximum atomic E-state index is 13.1. The van der Waals surface area contributed by atoms with Crippen molar-refractivity contribution >= 4 is 21.7 Å². The number of hydrogen-bond acceptors (Lipinski definition) is 6. The first kappa shape index (κ1) is 23.3. The molecule has 1 atom stereocenters. The second-order valence-corrected chi connectivity index (χ2v) is 8.19. The fourth-order valence-electron chi connectivity index (χ4n) is 2.76. The fourth-order valence-corrected chi connectivity index (χ4v) is 3.45. The van der Waals surface area contributed by atoms with E-state index in [0.29, 0.717) is 11.6 Å². The number of aryl methyl sites for hydroxylation is 1. The van der Waals surface area contributed by atoms with Crippen LogP contribution in [0, 0.1) is 18.3 Å². The first-order chi connectivity index (χ1) is 13.6. The summed E-state index contributed by atoms with van der Waals surface area (Å²) < 4.78 is 73.5. The molecule has 0 bridgehead atoms. The third-order valence-electron chi connectivity index (χ3n) is 4.21. The van der Waals surface area contributed by atoms with Crippen molar-refractivity contribution < 1.29 is 36.0 Å². The van der Waals surface area contributed by atoms with Crippen molar-refractivity contribution in [1.29, 1.82) is 5.26 Å². The number of nitriles is 1. The molecule has 2 aromatic carbocycles. The number of rotatable bonds is 5. The molecule has 0 radical (unpaired) electrons. The zero-order valence-electron chi connectivity index (χ0n) is 15.7. The van der Waals surface area contributed by atoms with E-state index in [1.807, 2.05) is 0 Å². The highest BCUT2D eigenvalue weighted by Crippen LogP contribution is 2.34. The lowest BCUT2D eigenvalue weighted by Gasteiger charge is -2.25. The van der Waals surface area contributed by atoms with Gasteiger partial charge in [-0.3, -0.25) is 4.79 Å². The molecule has 1 unspecified atom stereocenters. The summed E-state index contributed by atoms with van der Waals surface area (Å²) in [6, 6.07) is 7.62. The largest absolute Gasteiger partial charge is 0.744 e. The van der Waals surface area contributed by atoms with Crippen molar-refractivity contribution in [2.24, 2.45) is 0 Å². The van der Waals surface area contributed by atoms with Gasteiger partial charge in [-0.1, -0.05) is 17.7 Å². The summed E-state index contributed by atoms with van der Waals surface area (Å²) in [6.07, 6.45) is -5.42. The van der Waals surface area contributed by atoms with Crippen molar-refractivity contribution in [2.75, 3.05) is 5.32 Å². The molecule has 0 aromatic heterocycles. The van der Waals surface area contributed by atoms with Crippen LogP contribution >= 0.6 is 0 Å². The predicted octanol–water partition coefficient (Wildman–Crippen LogP) is 2.72. The smallest absolute Gasteiger partial charge is 0.417 e. The van der Waals surface area contributed by atoms with Gasteiger partial charge in [0.2, 0.25) is 0 Å². The van der Waals surface area contributed by atoms with Gasteiger partial charge in [0.25, 0.3) is 5.91 Å². The van der Waals surface area contributed by atoms with Crippen LogP contribution in [0.2, 0.25) is 0 Å². The number of halogens is 3. The predicted molar refractivity (Wildman–Crippen MR) is 98.3 cm³/mol. The minimum Gasteiger partial charge on any atom is -0.744 e. The number of nitrogens with one attached hydrogen (secondary N) is 1. The lowest BCUT2D eigenvalue weighted by atomic mass is 9.94. The van der Waals surface area contributed by atoms with Gasteiger partial charge in [-0.2, -0.15) is 18.4 Å². The molecule has 0 heterocycles. The maximum absolute atomic E-state index is 13.1. The van der Waals surface area contributed by atoms with Crippen LogP contribution in [0.1, 0.15) is 29.2 Å². The van der Waals surface area contributed by atoms with E-state index >= 15 is 0 Å². The monoisotopic (exact) mass is 441 g/mol. The molecule has 11 heteroatoms. The third kappa shape index (κ3) is 5.35. The highest BCUT2D eigenvalue weighted by molar-refractivity contribution is 7.85. The zero-order valence-corrected chi connectivity index (χ0v) is 16.6. The van der Waals surface area contributed by atoms with Gasteiger partial charge in [0.1, 0.15) is 15.7 Å². The molecule has 0 fully saturated rings. The molecule has 30 heavy (non-hydrogen) atoms. The van der Waals surface area contributed by atoms with Crippen LogP contribution in [-0.2, 0) is 27.5 Å². The maximum Gasteiger partial charge on any atom is 0.417 e. The van der Waals surface area contributed by atoms with E-state index in [9.17, 15) is 36.0 Å². The highest BCUT2D eigenvalue weighted by Gasteiger charge is 2.35. The molecule has 160 valence electrons. The first-order valence-corrected chi connectivity index (χ1v) is 9.76. The number of aliphatic hydroxyl groups is 1. The van der Waals surface area contributed by atoms with Crippen LogP contribution in [0.3, 0.4) is 0 Å². The molecular weight excluding hydrogens is 425 g/mol. The number of alkyl halides is 3. The number of nitrogens with zero attached hydrogens (tertiary/aromatic N) is 1. The lowest BCUT2D eigenvalue weighted by molar-refractivity contribution is -0.138.